The maximum atomic E-state index is 11.8. The number of fused-ring (bicyclic) bond motifs is 1. The minimum absolute atomic E-state index is 0.0782. The third-order valence-corrected chi connectivity index (χ3v) is 3.64. The third-order valence-electron chi connectivity index (χ3n) is 3.64. The fourth-order valence-corrected chi connectivity index (χ4v) is 2.61. The number of carbonyl (C=O) groups is 1. The summed E-state index contributed by atoms with van der Waals surface area (Å²) in [4.78, 5) is 11.8. The monoisotopic (exact) mass is 267 g/mol. The molecule has 3 rings (SSSR count). The van der Waals surface area contributed by atoms with E-state index in [0.717, 1.165) is 18.4 Å². The number of alkyl carbamates (subject to hydrolysis) is 1. The van der Waals surface area contributed by atoms with Crippen molar-refractivity contribution in [2.24, 2.45) is 0 Å². The maximum absolute atomic E-state index is 11.8. The lowest BCUT2D eigenvalue weighted by Gasteiger charge is -2.14. The molecular weight excluding hydrogens is 250 g/mol. The average Bonchev–Trinajstić information content (AvgIpc) is 2.90. The van der Waals surface area contributed by atoms with E-state index in [1.165, 1.54) is 11.1 Å². The summed E-state index contributed by atoms with van der Waals surface area (Å²) >= 11 is 0. The number of carbonyl (C=O) groups excluding carboxylic acids is 1. The van der Waals surface area contributed by atoms with E-state index in [-0.39, 0.29) is 12.1 Å². The van der Waals surface area contributed by atoms with Crippen molar-refractivity contribution in [3.05, 3.63) is 71.3 Å². The molecule has 0 fully saturated rings. The molecule has 0 spiro atoms. The number of amides is 1. The molecule has 3 nitrogen and oxygen atoms in total. The number of rotatable bonds is 3. The Morgan fingerprint density at radius 3 is 2.70 bits per heavy atom. The van der Waals surface area contributed by atoms with Gasteiger partial charge >= 0.3 is 6.09 Å². The van der Waals surface area contributed by atoms with E-state index in [1.807, 2.05) is 42.5 Å². The minimum Gasteiger partial charge on any atom is -0.445 e. The van der Waals surface area contributed by atoms with Crippen LogP contribution in [0.3, 0.4) is 0 Å². The molecule has 0 heterocycles. The van der Waals surface area contributed by atoms with Gasteiger partial charge in [-0.2, -0.15) is 0 Å². The molecule has 1 N–H and O–H groups in total. The van der Waals surface area contributed by atoms with Crippen LogP contribution in [-0.2, 0) is 17.8 Å². The van der Waals surface area contributed by atoms with Crippen LogP contribution >= 0.6 is 0 Å². The highest BCUT2D eigenvalue weighted by Crippen LogP contribution is 2.30. The van der Waals surface area contributed by atoms with Crippen LogP contribution in [0.25, 0.3) is 0 Å². The summed E-state index contributed by atoms with van der Waals surface area (Å²) < 4.78 is 5.25. The molecule has 1 atom stereocenters. The summed E-state index contributed by atoms with van der Waals surface area (Å²) in [5, 5.41) is 2.94. The fourth-order valence-electron chi connectivity index (χ4n) is 2.61. The van der Waals surface area contributed by atoms with Crippen molar-refractivity contribution in [2.45, 2.75) is 25.5 Å². The summed E-state index contributed by atoms with van der Waals surface area (Å²) in [7, 11) is 0. The maximum Gasteiger partial charge on any atom is 0.407 e. The molecule has 0 aliphatic heterocycles. The molecule has 0 bridgehead atoms. The number of aryl methyl sites for hydroxylation is 1. The quantitative estimate of drug-likeness (QED) is 0.922. The van der Waals surface area contributed by atoms with Crippen LogP contribution < -0.4 is 5.32 Å². The average molecular weight is 267 g/mol. The first kappa shape index (κ1) is 12.7. The van der Waals surface area contributed by atoms with Gasteiger partial charge in [-0.15, -0.1) is 0 Å². The second kappa shape index (κ2) is 5.78. The Morgan fingerprint density at radius 2 is 1.85 bits per heavy atom. The number of nitrogens with one attached hydrogen (secondary N) is 1. The molecule has 1 aliphatic carbocycles. The first-order chi connectivity index (χ1) is 9.83. The third kappa shape index (κ3) is 2.82. The zero-order valence-corrected chi connectivity index (χ0v) is 11.2. The van der Waals surface area contributed by atoms with Crippen LogP contribution in [0.5, 0.6) is 0 Å². The normalized spacial score (nSPS) is 16.5. The summed E-state index contributed by atoms with van der Waals surface area (Å²) in [6, 6.07) is 18.0. The van der Waals surface area contributed by atoms with E-state index in [2.05, 4.69) is 17.4 Å². The number of ether oxygens (including phenoxy) is 1. The van der Waals surface area contributed by atoms with Gasteiger partial charge in [0.05, 0.1) is 6.04 Å². The molecule has 102 valence electrons. The van der Waals surface area contributed by atoms with Crippen LogP contribution in [0.4, 0.5) is 4.79 Å². The first-order valence-corrected chi connectivity index (χ1v) is 6.88. The first-order valence-electron chi connectivity index (χ1n) is 6.88. The molecule has 0 saturated heterocycles. The Balaban J connectivity index is 1.55. The Hall–Kier alpha value is -2.29. The summed E-state index contributed by atoms with van der Waals surface area (Å²) in [6.07, 6.45) is 1.61. The number of hydrogen-bond donors (Lipinski definition) is 1. The van der Waals surface area contributed by atoms with Crippen LogP contribution in [0, 0.1) is 0 Å². The zero-order valence-electron chi connectivity index (χ0n) is 11.2. The van der Waals surface area contributed by atoms with Crippen molar-refractivity contribution in [3.63, 3.8) is 0 Å². The van der Waals surface area contributed by atoms with Crippen LogP contribution in [0.2, 0.25) is 0 Å². The van der Waals surface area contributed by atoms with E-state index in [4.69, 9.17) is 4.74 Å². The molecule has 2 aromatic rings. The molecule has 0 saturated carbocycles. The van der Waals surface area contributed by atoms with Gasteiger partial charge in [0.2, 0.25) is 0 Å². The molecule has 20 heavy (non-hydrogen) atoms. The van der Waals surface area contributed by atoms with E-state index in [0.29, 0.717) is 6.61 Å². The number of hydrogen-bond acceptors (Lipinski definition) is 2. The van der Waals surface area contributed by atoms with Crippen molar-refractivity contribution < 1.29 is 9.53 Å². The van der Waals surface area contributed by atoms with Crippen LogP contribution in [-0.4, -0.2) is 6.09 Å². The highest BCUT2D eigenvalue weighted by atomic mass is 16.5. The molecule has 1 unspecified atom stereocenters. The Bertz CT molecular complexity index is 595. The second-order valence-corrected chi connectivity index (χ2v) is 5.00. The van der Waals surface area contributed by atoms with Gasteiger partial charge in [0.1, 0.15) is 6.61 Å². The van der Waals surface area contributed by atoms with Crippen molar-refractivity contribution in [2.75, 3.05) is 0 Å². The van der Waals surface area contributed by atoms with Gasteiger partial charge in [-0.25, -0.2) is 4.79 Å². The van der Waals surface area contributed by atoms with Gasteiger partial charge < -0.3 is 10.1 Å². The van der Waals surface area contributed by atoms with E-state index < -0.39 is 0 Å². The Morgan fingerprint density at radius 1 is 1.10 bits per heavy atom. The predicted molar refractivity (Wildman–Crippen MR) is 77.3 cm³/mol. The van der Waals surface area contributed by atoms with Crippen LogP contribution in [0.1, 0.15) is 29.2 Å². The summed E-state index contributed by atoms with van der Waals surface area (Å²) in [5.41, 5.74) is 3.53. The second-order valence-electron chi connectivity index (χ2n) is 5.00. The molecule has 3 heteroatoms. The minimum atomic E-state index is -0.351. The van der Waals surface area contributed by atoms with E-state index in [1.54, 1.807) is 0 Å². The van der Waals surface area contributed by atoms with Crippen molar-refractivity contribution in [1.29, 1.82) is 0 Å². The lowest BCUT2D eigenvalue weighted by molar-refractivity contribution is 0.135. The van der Waals surface area contributed by atoms with Gasteiger partial charge in [0.25, 0.3) is 0 Å². The molecular formula is C17H17NO2. The van der Waals surface area contributed by atoms with Gasteiger partial charge in [-0.1, -0.05) is 54.6 Å². The zero-order chi connectivity index (χ0) is 13.8. The van der Waals surface area contributed by atoms with Crippen LogP contribution in [0.15, 0.2) is 54.6 Å². The van der Waals surface area contributed by atoms with Gasteiger partial charge in [-0.3, -0.25) is 0 Å². The van der Waals surface area contributed by atoms with E-state index in [9.17, 15) is 4.79 Å². The molecule has 1 aliphatic rings. The lowest BCUT2D eigenvalue weighted by atomic mass is 10.1. The standard InChI is InChI=1S/C17H17NO2/c19-17(20-12-13-6-2-1-3-7-13)18-16-11-10-14-8-4-5-9-15(14)16/h1-9,16H,10-12H2,(H,18,19). The van der Waals surface area contributed by atoms with Gasteiger partial charge in [-0.05, 0) is 29.5 Å². The molecule has 0 radical (unpaired) electrons. The van der Waals surface area contributed by atoms with Gasteiger partial charge in [0.15, 0.2) is 0 Å². The lowest BCUT2D eigenvalue weighted by Crippen LogP contribution is -2.27. The summed E-state index contributed by atoms with van der Waals surface area (Å²) in [6.45, 7) is 0.307. The largest absolute Gasteiger partial charge is 0.445 e. The number of benzene rings is 2. The molecule has 1 amide bonds. The topological polar surface area (TPSA) is 38.3 Å². The molecule has 2 aromatic carbocycles. The fraction of sp³-hybridized carbons (Fsp3) is 0.235. The van der Waals surface area contributed by atoms with Gasteiger partial charge in [0, 0.05) is 0 Å². The highest BCUT2D eigenvalue weighted by Gasteiger charge is 2.23. The van der Waals surface area contributed by atoms with Crippen molar-refractivity contribution in [3.8, 4) is 0 Å². The smallest absolute Gasteiger partial charge is 0.407 e. The molecule has 0 aromatic heterocycles. The van der Waals surface area contributed by atoms with Crippen molar-refractivity contribution in [1.82, 2.24) is 5.32 Å². The highest BCUT2D eigenvalue weighted by molar-refractivity contribution is 5.68. The van der Waals surface area contributed by atoms with E-state index >= 15 is 0 Å². The summed E-state index contributed by atoms with van der Waals surface area (Å²) in [5.74, 6) is 0. The predicted octanol–water partition coefficient (Wildman–Crippen LogP) is 3.60. The van der Waals surface area contributed by atoms with Crippen molar-refractivity contribution >= 4 is 6.09 Å². The SMILES string of the molecule is O=C(NC1CCc2ccccc21)OCc1ccccc1. The Kier molecular flexibility index (Phi) is 3.68. The Labute approximate surface area is 118 Å².